The normalized spacial score (nSPS) is 34.5. The maximum absolute atomic E-state index is 13.0. The van der Waals surface area contributed by atoms with E-state index in [2.05, 4.69) is 10.6 Å². The first-order valence-electron chi connectivity index (χ1n) is 11.2. The molecule has 1 aromatic carbocycles. The first-order chi connectivity index (χ1) is 17.4. The molecule has 2 fully saturated rings. The third-order valence-electron chi connectivity index (χ3n) is 5.99. The highest BCUT2D eigenvalue weighted by molar-refractivity contribution is 7.89. The summed E-state index contributed by atoms with van der Waals surface area (Å²) in [6, 6.07) is 4.02. The third kappa shape index (κ3) is 6.80. The van der Waals surface area contributed by atoms with Crippen molar-refractivity contribution in [1.82, 2.24) is 5.32 Å². The zero-order valence-corrected chi connectivity index (χ0v) is 20.8. The molecule has 0 aromatic heterocycles. The summed E-state index contributed by atoms with van der Waals surface area (Å²) >= 11 is 0. The highest BCUT2D eigenvalue weighted by Gasteiger charge is 2.51. The second kappa shape index (κ2) is 12.1. The molecule has 15 nitrogen and oxygen atoms in total. The fourth-order valence-electron chi connectivity index (χ4n) is 4.11. The van der Waals surface area contributed by atoms with Crippen molar-refractivity contribution in [3.63, 3.8) is 0 Å². The lowest BCUT2D eigenvalue weighted by atomic mass is 9.96. The lowest BCUT2D eigenvalue weighted by Crippen LogP contribution is -2.66. The summed E-state index contributed by atoms with van der Waals surface area (Å²) in [4.78, 5) is 24.5. The lowest BCUT2D eigenvalue weighted by Gasteiger charge is -2.45. The Morgan fingerprint density at radius 2 is 1.76 bits per heavy atom. The average molecular weight is 550 g/mol. The van der Waals surface area contributed by atoms with Crippen molar-refractivity contribution in [2.75, 3.05) is 25.6 Å². The minimum atomic E-state index is -3.94. The number of rotatable bonds is 8. The highest BCUT2D eigenvalue weighted by atomic mass is 32.2. The smallest absolute Gasteiger partial charge is 0.256 e. The zero-order valence-electron chi connectivity index (χ0n) is 20.0. The van der Waals surface area contributed by atoms with Crippen LogP contribution in [-0.4, -0.2) is 116 Å². The van der Waals surface area contributed by atoms with E-state index in [1.807, 2.05) is 0 Å². The fourth-order valence-corrected chi connectivity index (χ4v) is 4.63. The first kappa shape index (κ1) is 29.3. The summed E-state index contributed by atoms with van der Waals surface area (Å²) in [6.45, 7) is 0.527. The molecular weight excluding hydrogens is 518 g/mol. The van der Waals surface area contributed by atoms with Crippen molar-refractivity contribution < 1.29 is 57.4 Å². The second-order valence-electron chi connectivity index (χ2n) is 8.62. The largest absolute Gasteiger partial charge is 0.394 e. The Morgan fingerprint density at radius 3 is 2.30 bits per heavy atom. The number of aliphatic hydroxyl groups is 4. The van der Waals surface area contributed by atoms with Crippen LogP contribution in [0.4, 0.5) is 5.69 Å². The highest BCUT2D eigenvalue weighted by Crippen LogP contribution is 2.29. The van der Waals surface area contributed by atoms with Crippen molar-refractivity contribution >= 4 is 27.5 Å². The molecule has 0 unspecified atom stereocenters. The number of aliphatic hydroxyl groups excluding tert-OH is 4. The van der Waals surface area contributed by atoms with Crippen molar-refractivity contribution in [2.45, 2.75) is 66.9 Å². The van der Waals surface area contributed by atoms with Crippen molar-refractivity contribution in [2.24, 2.45) is 5.14 Å². The first-order valence-corrected chi connectivity index (χ1v) is 12.7. The topological polar surface area (TPSA) is 236 Å². The van der Waals surface area contributed by atoms with Crippen LogP contribution >= 0.6 is 0 Å². The lowest BCUT2D eigenvalue weighted by molar-refractivity contribution is -0.321. The minimum absolute atomic E-state index is 0.142. The maximum Gasteiger partial charge on any atom is 0.256 e. The Kier molecular flexibility index (Phi) is 9.57. The standard InChI is InChI=1S/C21H31N3O12S/c1-9(26)23-12-8-34-13(7-25)14(27)17(12)35-21-16(29)15(28)18(33-2)19(36-21)20(30)24-10-3-5-11(6-4-10)37(22,31)32/h3-6,12-19,21,25,27-29H,7-8H2,1-2H3,(H,23,26)(H,24,30)(H2,22,31,32)/t12-,13+,14+,15+,16+,17+,18-,19-,21+/m0/s1. The number of benzene rings is 1. The summed E-state index contributed by atoms with van der Waals surface area (Å²) < 4.78 is 44.8. The molecule has 9 atom stereocenters. The van der Waals surface area contributed by atoms with E-state index in [0.717, 1.165) is 0 Å². The zero-order chi connectivity index (χ0) is 27.5. The monoisotopic (exact) mass is 549 g/mol. The van der Waals surface area contributed by atoms with Crippen LogP contribution in [0.2, 0.25) is 0 Å². The van der Waals surface area contributed by atoms with Gasteiger partial charge in [-0.15, -0.1) is 0 Å². The van der Waals surface area contributed by atoms with Crippen molar-refractivity contribution in [1.29, 1.82) is 0 Å². The number of hydrogen-bond acceptors (Lipinski definition) is 12. The van der Waals surface area contributed by atoms with Gasteiger partial charge >= 0.3 is 0 Å². The third-order valence-corrected chi connectivity index (χ3v) is 6.92. The number of carbonyl (C=O) groups is 2. The molecule has 0 bridgehead atoms. The summed E-state index contributed by atoms with van der Waals surface area (Å²) in [5.41, 5.74) is 0.172. The Balaban J connectivity index is 1.80. The van der Waals surface area contributed by atoms with E-state index < -0.39 is 83.5 Å². The van der Waals surface area contributed by atoms with E-state index in [1.54, 1.807) is 0 Å². The van der Waals surface area contributed by atoms with Gasteiger partial charge in [-0.25, -0.2) is 13.6 Å². The van der Waals surface area contributed by atoms with Gasteiger partial charge in [-0.3, -0.25) is 9.59 Å². The van der Waals surface area contributed by atoms with E-state index in [0.29, 0.717) is 0 Å². The predicted octanol–water partition coefficient (Wildman–Crippen LogP) is -3.62. The Labute approximate surface area is 212 Å². The van der Waals surface area contributed by atoms with Crippen LogP contribution in [0, 0.1) is 0 Å². The maximum atomic E-state index is 13.0. The number of nitrogens with two attached hydrogens (primary N) is 1. The van der Waals surface area contributed by atoms with Crippen LogP contribution in [0.1, 0.15) is 6.92 Å². The van der Waals surface area contributed by atoms with Gasteiger partial charge in [0, 0.05) is 19.7 Å². The predicted molar refractivity (Wildman–Crippen MR) is 123 cm³/mol. The van der Waals surface area contributed by atoms with Crippen molar-refractivity contribution in [3.8, 4) is 0 Å². The number of carbonyl (C=O) groups excluding carboxylic acids is 2. The van der Waals surface area contributed by atoms with E-state index in [4.69, 9.17) is 24.1 Å². The van der Waals surface area contributed by atoms with Crippen LogP contribution in [0.15, 0.2) is 29.2 Å². The summed E-state index contributed by atoms with van der Waals surface area (Å²) in [7, 11) is -2.76. The molecular formula is C21H31N3O12S. The van der Waals surface area contributed by atoms with Crippen LogP contribution in [0.5, 0.6) is 0 Å². The average Bonchev–Trinajstić information content (AvgIpc) is 2.83. The van der Waals surface area contributed by atoms with E-state index >= 15 is 0 Å². The molecule has 0 saturated carbocycles. The van der Waals surface area contributed by atoms with Gasteiger partial charge in [-0.2, -0.15) is 0 Å². The molecule has 2 aliphatic rings. The Hall–Kier alpha value is -2.25. The Bertz CT molecular complexity index is 1060. The van der Waals surface area contributed by atoms with Gasteiger partial charge in [-0.05, 0) is 24.3 Å². The van der Waals surface area contributed by atoms with Gasteiger partial charge in [0.2, 0.25) is 15.9 Å². The molecule has 1 aromatic rings. The SMILES string of the molecule is CO[C@H]1[C@H](O)[C@@H](O)[C@H](O[C@H]2[C@H](O)[C@@H](CO)OC[C@@H]2NC(C)=O)O[C@@H]1C(=O)Nc1ccc(S(N)(=O)=O)cc1. The molecule has 2 saturated heterocycles. The number of anilines is 1. The molecule has 16 heteroatoms. The van der Waals surface area contributed by atoms with Gasteiger partial charge in [0.1, 0.15) is 36.6 Å². The molecule has 2 heterocycles. The summed E-state index contributed by atoms with van der Waals surface area (Å²) in [5, 5.41) is 51.4. The molecule has 2 amide bonds. The molecule has 0 radical (unpaired) electrons. The Morgan fingerprint density at radius 1 is 1.11 bits per heavy atom. The molecule has 0 spiro atoms. The fraction of sp³-hybridized carbons (Fsp3) is 0.619. The van der Waals surface area contributed by atoms with Crippen LogP contribution in [-0.2, 0) is 38.6 Å². The number of primary sulfonamides is 1. The van der Waals surface area contributed by atoms with Gasteiger partial charge < -0.3 is 50.0 Å². The molecule has 3 rings (SSSR count). The van der Waals surface area contributed by atoms with Gasteiger partial charge in [0.05, 0.1) is 24.2 Å². The quantitative estimate of drug-likeness (QED) is 0.166. The van der Waals surface area contributed by atoms with Gasteiger partial charge in [0.15, 0.2) is 12.4 Å². The minimum Gasteiger partial charge on any atom is -0.394 e. The molecule has 0 aliphatic carbocycles. The molecule has 208 valence electrons. The van der Waals surface area contributed by atoms with Crippen molar-refractivity contribution in [3.05, 3.63) is 24.3 Å². The van der Waals surface area contributed by atoms with Crippen LogP contribution < -0.4 is 15.8 Å². The second-order valence-corrected chi connectivity index (χ2v) is 10.2. The summed E-state index contributed by atoms with van der Waals surface area (Å²) in [5.74, 6) is -1.29. The van der Waals surface area contributed by atoms with E-state index in [1.165, 1.54) is 38.3 Å². The number of ether oxygens (including phenoxy) is 4. The van der Waals surface area contributed by atoms with E-state index in [-0.39, 0.29) is 17.2 Å². The molecule has 2 aliphatic heterocycles. The number of hydrogen-bond donors (Lipinski definition) is 7. The van der Waals surface area contributed by atoms with Crippen LogP contribution in [0.25, 0.3) is 0 Å². The van der Waals surface area contributed by atoms with Gasteiger partial charge in [-0.1, -0.05) is 0 Å². The molecule has 37 heavy (non-hydrogen) atoms. The number of sulfonamides is 1. The summed E-state index contributed by atoms with van der Waals surface area (Å²) in [6.07, 6.45) is -11.7. The number of methoxy groups -OCH3 is 1. The molecule has 8 N–H and O–H groups in total. The number of nitrogens with one attached hydrogen (secondary N) is 2. The van der Waals surface area contributed by atoms with Crippen LogP contribution in [0.3, 0.4) is 0 Å². The van der Waals surface area contributed by atoms with Gasteiger partial charge in [0.25, 0.3) is 5.91 Å². The van der Waals surface area contributed by atoms with E-state index in [9.17, 15) is 38.4 Å². The number of amides is 2.